The van der Waals surface area contributed by atoms with Crippen molar-refractivity contribution >= 4 is 38.9 Å². The lowest BCUT2D eigenvalue weighted by Gasteiger charge is -2.23. The molecular formula is C22H28ClN3O3S. The first-order valence-corrected chi connectivity index (χ1v) is 11.7. The molecule has 1 N–H and O–H groups in total. The summed E-state index contributed by atoms with van der Waals surface area (Å²) in [5.41, 5.74) is 6.23. The number of hydrogen-bond acceptors (Lipinski definition) is 4. The number of anilines is 1. The van der Waals surface area contributed by atoms with Gasteiger partial charge in [-0.15, -0.1) is 0 Å². The maximum Gasteiger partial charge on any atom is 0.260 e. The van der Waals surface area contributed by atoms with Crippen LogP contribution in [0, 0.1) is 6.92 Å². The summed E-state index contributed by atoms with van der Waals surface area (Å²) in [5.74, 6) is -0.550. The summed E-state index contributed by atoms with van der Waals surface area (Å²) in [7, 11) is -3.70. The zero-order valence-corrected chi connectivity index (χ0v) is 19.7. The molecule has 2 aromatic rings. The molecule has 0 saturated carbocycles. The van der Waals surface area contributed by atoms with Crippen LogP contribution >= 0.6 is 11.6 Å². The molecule has 0 aliphatic rings. The van der Waals surface area contributed by atoms with Crippen LogP contribution in [-0.2, 0) is 20.2 Å². The molecule has 2 rings (SSSR count). The predicted molar refractivity (Wildman–Crippen MR) is 124 cm³/mol. The van der Waals surface area contributed by atoms with E-state index in [1.165, 1.54) is 11.6 Å². The number of nitrogens with one attached hydrogen (secondary N) is 1. The average Bonchev–Trinajstić information content (AvgIpc) is 2.65. The predicted octanol–water partition coefficient (Wildman–Crippen LogP) is 4.25. The van der Waals surface area contributed by atoms with E-state index in [1.807, 2.05) is 24.3 Å². The van der Waals surface area contributed by atoms with E-state index in [0.717, 1.165) is 16.1 Å². The molecule has 0 bridgehead atoms. The Hall–Kier alpha value is -2.38. The van der Waals surface area contributed by atoms with Crippen molar-refractivity contribution in [2.24, 2.45) is 5.10 Å². The Bertz CT molecular complexity index is 1060. The van der Waals surface area contributed by atoms with E-state index in [4.69, 9.17) is 11.6 Å². The number of carbonyl (C=O) groups is 1. The number of halogens is 1. The number of amides is 1. The highest BCUT2D eigenvalue weighted by Crippen LogP contribution is 2.26. The summed E-state index contributed by atoms with van der Waals surface area (Å²) in [6.07, 6.45) is 1.05. The number of hydrazone groups is 1. The summed E-state index contributed by atoms with van der Waals surface area (Å²) in [6, 6.07) is 12.9. The Labute approximate surface area is 184 Å². The van der Waals surface area contributed by atoms with Gasteiger partial charge in [-0.2, -0.15) is 5.10 Å². The number of benzene rings is 2. The van der Waals surface area contributed by atoms with E-state index in [9.17, 15) is 13.2 Å². The molecule has 0 aliphatic heterocycles. The maximum absolute atomic E-state index is 12.4. The fourth-order valence-electron chi connectivity index (χ4n) is 2.82. The van der Waals surface area contributed by atoms with Gasteiger partial charge in [-0.3, -0.25) is 9.10 Å². The number of rotatable bonds is 6. The van der Waals surface area contributed by atoms with Crippen LogP contribution in [0.2, 0.25) is 5.02 Å². The van der Waals surface area contributed by atoms with Gasteiger partial charge < -0.3 is 0 Å². The van der Waals surface area contributed by atoms with E-state index in [2.05, 4.69) is 31.3 Å². The van der Waals surface area contributed by atoms with Gasteiger partial charge in [0, 0.05) is 5.02 Å². The van der Waals surface area contributed by atoms with Gasteiger partial charge in [0.25, 0.3) is 5.91 Å². The largest absolute Gasteiger partial charge is 0.271 e. The Balaban J connectivity index is 2.16. The van der Waals surface area contributed by atoms with Crippen LogP contribution < -0.4 is 9.73 Å². The van der Waals surface area contributed by atoms with Crippen LogP contribution in [0.1, 0.15) is 44.4 Å². The number of sulfonamides is 1. The summed E-state index contributed by atoms with van der Waals surface area (Å²) in [6.45, 7) is 9.54. The van der Waals surface area contributed by atoms with Crippen molar-refractivity contribution in [3.63, 3.8) is 0 Å². The Kier molecular flexibility index (Phi) is 7.31. The van der Waals surface area contributed by atoms with E-state index in [1.54, 1.807) is 26.0 Å². The molecule has 0 unspecified atom stereocenters. The normalized spacial score (nSPS) is 12.6. The van der Waals surface area contributed by atoms with Gasteiger partial charge in [0.1, 0.15) is 6.54 Å². The Morgan fingerprint density at radius 2 is 1.73 bits per heavy atom. The standard InChI is InChI=1S/C22H28ClN3O3S/c1-15-7-12-19(23)13-20(15)26(30(6,28)29)14-21(27)25-24-16(2)17-8-10-18(11-9-17)22(3,4)5/h7-13H,14H2,1-6H3,(H,25,27)/b24-16-. The van der Waals surface area contributed by atoms with Gasteiger partial charge >= 0.3 is 0 Å². The quantitative estimate of drug-likeness (QED) is 0.528. The lowest BCUT2D eigenvalue weighted by molar-refractivity contribution is -0.119. The van der Waals surface area contributed by atoms with E-state index in [-0.39, 0.29) is 5.41 Å². The van der Waals surface area contributed by atoms with Crippen LogP contribution in [0.15, 0.2) is 47.6 Å². The molecule has 162 valence electrons. The molecule has 0 spiro atoms. The minimum atomic E-state index is -3.70. The molecular weight excluding hydrogens is 422 g/mol. The van der Waals surface area contributed by atoms with Crippen LogP contribution in [0.5, 0.6) is 0 Å². The molecule has 8 heteroatoms. The summed E-state index contributed by atoms with van der Waals surface area (Å²) in [4.78, 5) is 12.4. The number of aryl methyl sites for hydroxylation is 1. The highest BCUT2D eigenvalue weighted by atomic mass is 35.5. The van der Waals surface area contributed by atoms with Gasteiger partial charge in [-0.25, -0.2) is 13.8 Å². The van der Waals surface area contributed by atoms with Gasteiger partial charge in [-0.1, -0.05) is 62.7 Å². The van der Waals surface area contributed by atoms with E-state index in [0.29, 0.717) is 22.0 Å². The average molecular weight is 450 g/mol. The molecule has 0 radical (unpaired) electrons. The second-order valence-corrected chi connectivity index (χ2v) is 10.6. The van der Waals surface area contributed by atoms with Crippen molar-refractivity contribution < 1.29 is 13.2 Å². The van der Waals surface area contributed by atoms with Crippen molar-refractivity contribution in [3.8, 4) is 0 Å². The van der Waals surface area contributed by atoms with Crippen LogP contribution in [-0.4, -0.2) is 32.8 Å². The van der Waals surface area contributed by atoms with Crippen molar-refractivity contribution in [1.29, 1.82) is 0 Å². The smallest absolute Gasteiger partial charge is 0.260 e. The molecule has 2 aromatic carbocycles. The summed E-state index contributed by atoms with van der Waals surface area (Å²) < 4.78 is 25.6. The SMILES string of the molecule is C/C(=N/NC(=O)CN(c1cc(Cl)ccc1C)S(C)(=O)=O)c1ccc(C(C)(C)C)cc1. The zero-order valence-electron chi connectivity index (χ0n) is 18.2. The first kappa shape index (κ1) is 23.9. The summed E-state index contributed by atoms with van der Waals surface area (Å²) >= 11 is 6.01. The zero-order chi connectivity index (χ0) is 22.7. The topological polar surface area (TPSA) is 78.8 Å². The number of hydrogen-bond donors (Lipinski definition) is 1. The van der Waals surface area contributed by atoms with Crippen molar-refractivity contribution in [1.82, 2.24) is 5.43 Å². The minimum absolute atomic E-state index is 0.0470. The van der Waals surface area contributed by atoms with Gasteiger partial charge in [0.15, 0.2) is 0 Å². The lowest BCUT2D eigenvalue weighted by atomic mass is 9.86. The van der Waals surface area contributed by atoms with E-state index < -0.39 is 22.5 Å². The van der Waals surface area contributed by atoms with Crippen molar-refractivity contribution in [3.05, 3.63) is 64.2 Å². The minimum Gasteiger partial charge on any atom is -0.271 e. The van der Waals surface area contributed by atoms with E-state index >= 15 is 0 Å². The van der Waals surface area contributed by atoms with Crippen LogP contribution in [0.25, 0.3) is 0 Å². The second kappa shape index (κ2) is 9.18. The monoisotopic (exact) mass is 449 g/mol. The molecule has 0 fully saturated rings. The third kappa shape index (κ3) is 6.31. The number of carbonyl (C=O) groups excluding carboxylic acids is 1. The third-order valence-corrected chi connectivity index (χ3v) is 6.01. The molecule has 0 aliphatic carbocycles. The molecule has 30 heavy (non-hydrogen) atoms. The highest BCUT2D eigenvalue weighted by molar-refractivity contribution is 7.92. The van der Waals surface area contributed by atoms with Gasteiger partial charge in [-0.05, 0) is 48.1 Å². The Morgan fingerprint density at radius 1 is 1.13 bits per heavy atom. The highest BCUT2D eigenvalue weighted by Gasteiger charge is 2.22. The van der Waals surface area contributed by atoms with Crippen molar-refractivity contribution in [2.45, 2.75) is 40.0 Å². The van der Waals surface area contributed by atoms with Gasteiger partial charge in [0.2, 0.25) is 10.0 Å². The molecule has 0 atom stereocenters. The summed E-state index contributed by atoms with van der Waals surface area (Å²) in [5, 5.41) is 4.51. The van der Waals surface area contributed by atoms with Crippen molar-refractivity contribution in [2.75, 3.05) is 17.1 Å². The molecule has 6 nitrogen and oxygen atoms in total. The maximum atomic E-state index is 12.4. The van der Waals surface area contributed by atoms with Gasteiger partial charge in [0.05, 0.1) is 17.7 Å². The third-order valence-electron chi connectivity index (χ3n) is 4.64. The molecule has 0 saturated heterocycles. The lowest BCUT2D eigenvalue weighted by Crippen LogP contribution is -2.39. The molecule has 0 aromatic heterocycles. The fraction of sp³-hybridized carbons (Fsp3) is 0.364. The Morgan fingerprint density at radius 3 is 2.27 bits per heavy atom. The molecule has 1 amide bonds. The fourth-order valence-corrected chi connectivity index (χ4v) is 3.89. The second-order valence-electron chi connectivity index (χ2n) is 8.26. The first-order chi connectivity index (χ1) is 13.8. The van der Waals surface area contributed by atoms with Crippen LogP contribution in [0.4, 0.5) is 5.69 Å². The molecule has 0 heterocycles. The first-order valence-electron chi connectivity index (χ1n) is 9.47. The van der Waals surface area contributed by atoms with Crippen LogP contribution in [0.3, 0.4) is 0 Å². The number of nitrogens with zero attached hydrogens (tertiary/aromatic N) is 2.